The van der Waals surface area contributed by atoms with Crippen LogP contribution in [-0.2, 0) is 4.74 Å². The van der Waals surface area contributed by atoms with Crippen LogP contribution in [0.1, 0.15) is 23.0 Å². The molecule has 2 aromatic carbocycles. The van der Waals surface area contributed by atoms with E-state index in [9.17, 15) is 4.79 Å². The summed E-state index contributed by atoms with van der Waals surface area (Å²) in [5.41, 5.74) is 3.94. The van der Waals surface area contributed by atoms with E-state index in [0.717, 1.165) is 28.0 Å². The number of halogens is 1. The Bertz CT molecular complexity index is 909. The van der Waals surface area contributed by atoms with Gasteiger partial charge >= 0.3 is 5.97 Å². The molecule has 1 aromatic heterocycles. The highest BCUT2D eigenvalue weighted by molar-refractivity contribution is 6.30. The van der Waals surface area contributed by atoms with Gasteiger partial charge in [0.25, 0.3) is 0 Å². The quantitative estimate of drug-likeness (QED) is 0.670. The number of fused-ring (bicyclic) bond motifs is 1. The van der Waals surface area contributed by atoms with Crippen molar-refractivity contribution in [3.8, 4) is 0 Å². The molecule has 0 bridgehead atoms. The highest BCUT2D eigenvalue weighted by Gasteiger charge is 2.11. The average Bonchev–Trinajstić information content (AvgIpc) is 2.54. The van der Waals surface area contributed by atoms with Crippen molar-refractivity contribution in [1.29, 1.82) is 0 Å². The van der Waals surface area contributed by atoms with Crippen LogP contribution in [0.2, 0.25) is 5.02 Å². The lowest BCUT2D eigenvalue weighted by Crippen LogP contribution is -2.05. The number of aromatic nitrogens is 1. The van der Waals surface area contributed by atoms with Crippen molar-refractivity contribution in [3.63, 3.8) is 0 Å². The number of nitrogens with one attached hydrogen (secondary N) is 1. The minimum absolute atomic E-state index is 0.339. The Kier molecular flexibility index (Phi) is 4.67. The number of carbonyl (C=O) groups is 1. The summed E-state index contributed by atoms with van der Waals surface area (Å²) in [6, 6.07) is 14.8. The van der Waals surface area contributed by atoms with Gasteiger partial charge in [-0.25, -0.2) is 4.79 Å². The first-order valence-corrected chi connectivity index (χ1v) is 8.05. The van der Waals surface area contributed by atoms with Crippen LogP contribution in [0.15, 0.2) is 48.5 Å². The van der Waals surface area contributed by atoms with E-state index in [1.54, 1.807) is 19.1 Å². The van der Waals surface area contributed by atoms with Gasteiger partial charge in [0, 0.05) is 27.5 Å². The van der Waals surface area contributed by atoms with Gasteiger partial charge in [0.1, 0.15) is 0 Å². The molecule has 0 unspecified atom stereocenters. The second-order valence-electron chi connectivity index (χ2n) is 5.40. The van der Waals surface area contributed by atoms with E-state index in [0.29, 0.717) is 17.2 Å². The predicted molar refractivity (Wildman–Crippen MR) is 97.2 cm³/mol. The lowest BCUT2D eigenvalue weighted by Gasteiger charge is -2.12. The minimum Gasteiger partial charge on any atom is -0.462 e. The SMILES string of the molecule is CCOC(=O)c1ccc2nc(C)cc(Nc3cccc(Cl)c3)c2c1. The average molecular weight is 341 g/mol. The Balaban J connectivity index is 2.07. The molecule has 0 radical (unpaired) electrons. The molecular formula is C19H17ClN2O2. The lowest BCUT2D eigenvalue weighted by atomic mass is 10.1. The lowest BCUT2D eigenvalue weighted by molar-refractivity contribution is 0.0526. The van der Waals surface area contributed by atoms with E-state index in [1.165, 1.54) is 0 Å². The van der Waals surface area contributed by atoms with Crippen LogP contribution in [0.5, 0.6) is 0 Å². The van der Waals surface area contributed by atoms with E-state index in [4.69, 9.17) is 16.3 Å². The van der Waals surface area contributed by atoms with Gasteiger partial charge < -0.3 is 10.1 Å². The van der Waals surface area contributed by atoms with Crippen molar-refractivity contribution in [2.24, 2.45) is 0 Å². The smallest absolute Gasteiger partial charge is 0.338 e. The third-order valence-electron chi connectivity index (χ3n) is 3.55. The molecule has 0 aliphatic heterocycles. The van der Waals surface area contributed by atoms with Crippen LogP contribution < -0.4 is 5.32 Å². The number of hydrogen-bond acceptors (Lipinski definition) is 4. The normalized spacial score (nSPS) is 10.6. The van der Waals surface area contributed by atoms with E-state index in [2.05, 4.69) is 10.3 Å². The third-order valence-corrected chi connectivity index (χ3v) is 3.79. The molecule has 0 saturated carbocycles. The standard InChI is InChI=1S/C19H17ClN2O2/c1-3-24-19(23)13-7-8-17-16(10-13)18(9-12(2)21-17)22-15-6-4-5-14(20)11-15/h4-11H,3H2,1-2H3,(H,21,22). The van der Waals surface area contributed by atoms with Crippen molar-refractivity contribution in [3.05, 3.63) is 64.8 Å². The second-order valence-corrected chi connectivity index (χ2v) is 5.84. The largest absolute Gasteiger partial charge is 0.462 e. The van der Waals surface area contributed by atoms with E-state index in [-0.39, 0.29) is 5.97 Å². The number of carbonyl (C=O) groups excluding carboxylic acids is 1. The van der Waals surface area contributed by atoms with Crippen LogP contribution in [0, 0.1) is 6.92 Å². The molecule has 1 N–H and O–H groups in total. The molecule has 3 aromatic rings. The highest BCUT2D eigenvalue weighted by atomic mass is 35.5. The summed E-state index contributed by atoms with van der Waals surface area (Å²) in [6.45, 7) is 4.06. The summed E-state index contributed by atoms with van der Waals surface area (Å²) in [7, 11) is 0. The molecule has 0 aliphatic carbocycles. The minimum atomic E-state index is -0.339. The molecule has 0 atom stereocenters. The summed E-state index contributed by atoms with van der Waals surface area (Å²) in [6.07, 6.45) is 0. The first-order chi connectivity index (χ1) is 11.6. The fourth-order valence-corrected chi connectivity index (χ4v) is 2.72. The first kappa shape index (κ1) is 16.3. The van der Waals surface area contributed by atoms with Gasteiger partial charge in [0.2, 0.25) is 0 Å². The Hall–Kier alpha value is -2.59. The van der Waals surface area contributed by atoms with Gasteiger partial charge in [-0.15, -0.1) is 0 Å². The van der Waals surface area contributed by atoms with Gasteiger partial charge in [-0.2, -0.15) is 0 Å². The number of anilines is 2. The monoisotopic (exact) mass is 340 g/mol. The van der Waals surface area contributed by atoms with E-state index >= 15 is 0 Å². The van der Waals surface area contributed by atoms with Crippen LogP contribution in [0.25, 0.3) is 10.9 Å². The van der Waals surface area contributed by atoms with Crippen molar-refractivity contribution in [2.75, 3.05) is 11.9 Å². The number of benzene rings is 2. The Morgan fingerprint density at radius 1 is 1.21 bits per heavy atom. The Morgan fingerprint density at radius 3 is 2.79 bits per heavy atom. The molecule has 3 rings (SSSR count). The molecule has 0 aliphatic rings. The second kappa shape index (κ2) is 6.89. The number of pyridine rings is 1. The predicted octanol–water partition coefficient (Wildman–Crippen LogP) is 5.12. The molecule has 0 spiro atoms. The zero-order chi connectivity index (χ0) is 17.1. The molecule has 0 fully saturated rings. The van der Waals surface area contributed by atoms with Crippen molar-refractivity contribution < 1.29 is 9.53 Å². The Morgan fingerprint density at radius 2 is 2.04 bits per heavy atom. The Labute approximate surface area is 145 Å². The zero-order valence-corrected chi connectivity index (χ0v) is 14.2. The molecule has 1 heterocycles. The topological polar surface area (TPSA) is 51.2 Å². The van der Waals surface area contributed by atoms with Crippen LogP contribution in [0.3, 0.4) is 0 Å². The van der Waals surface area contributed by atoms with Gasteiger partial charge in [-0.05, 0) is 56.3 Å². The van der Waals surface area contributed by atoms with E-state index < -0.39 is 0 Å². The summed E-state index contributed by atoms with van der Waals surface area (Å²) in [5, 5.41) is 4.86. The fourth-order valence-electron chi connectivity index (χ4n) is 2.52. The number of esters is 1. The number of nitrogens with zero attached hydrogens (tertiary/aromatic N) is 1. The highest BCUT2D eigenvalue weighted by Crippen LogP contribution is 2.28. The third kappa shape index (κ3) is 3.49. The molecular weight excluding hydrogens is 324 g/mol. The molecule has 122 valence electrons. The number of ether oxygens (including phenoxy) is 1. The molecule has 5 heteroatoms. The molecule has 4 nitrogen and oxygen atoms in total. The van der Waals surface area contributed by atoms with Gasteiger partial charge in [-0.3, -0.25) is 4.98 Å². The van der Waals surface area contributed by atoms with Gasteiger partial charge in [-0.1, -0.05) is 17.7 Å². The maximum atomic E-state index is 12.0. The zero-order valence-electron chi connectivity index (χ0n) is 13.5. The summed E-state index contributed by atoms with van der Waals surface area (Å²) in [5.74, 6) is -0.339. The number of hydrogen-bond donors (Lipinski definition) is 1. The summed E-state index contributed by atoms with van der Waals surface area (Å²) < 4.78 is 5.08. The molecule has 0 saturated heterocycles. The van der Waals surface area contributed by atoms with Crippen molar-refractivity contribution >= 4 is 39.8 Å². The van der Waals surface area contributed by atoms with E-state index in [1.807, 2.05) is 43.3 Å². The molecule has 0 amide bonds. The number of aryl methyl sites for hydroxylation is 1. The number of rotatable bonds is 4. The maximum Gasteiger partial charge on any atom is 0.338 e. The summed E-state index contributed by atoms with van der Waals surface area (Å²) in [4.78, 5) is 16.5. The maximum absolute atomic E-state index is 12.0. The molecule has 24 heavy (non-hydrogen) atoms. The summed E-state index contributed by atoms with van der Waals surface area (Å²) >= 11 is 6.05. The van der Waals surface area contributed by atoms with Gasteiger partial charge in [0.15, 0.2) is 0 Å². The van der Waals surface area contributed by atoms with Crippen molar-refractivity contribution in [2.45, 2.75) is 13.8 Å². The van der Waals surface area contributed by atoms with Crippen LogP contribution in [0.4, 0.5) is 11.4 Å². The fraction of sp³-hybridized carbons (Fsp3) is 0.158. The van der Waals surface area contributed by atoms with Crippen LogP contribution in [-0.4, -0.2) is 17.6 Å². The van der Waals surface area contributed by atoms with Crippen molar-refractivity contribution in [1.82, 2.24) is 4.98 Å². The first-order valence-electron chi connectivity index (χ1n) is 7.68. The van der Waals surface area contributed by atoms with Crippen LogP contribution >= 0.6 is 11.6 Å². The van der Waals surface area contributed by atoms with Gasteiger partial charge in [0.05, 0.1) is 17.7 Å².